The van der Waals surface area contributed by atoms with Crippen molar-refractivity contribution >= 4 is 11.5 Å². The Morgan fingerprint density at radius 2 is 1.43 bits per heavy atom. The topological polar surface area (TPSA) is 20.3 Å². The predicted octanol–water partition coefficient (Wildman–Crippen LogP) is 4.24. The van der Waals surface area contributed by atoms with Gasteiger partial charge in [0.15, 0.2) is 5.78 Å². The smallest absolute Gasteiger partial charge is 0.182 e. The molecule has 0 heterocycles. The molecule has 0 aliphatic carbocycles. The number of carbonyl (C=O) groups excluding carboxylic acids is 1. The van der Waals surface area contributed by atoms with Gasteiger partial charge in [0.25, 0.3) is 0 Å². The molecule has 0 spiro atoms. The summed E-state index contributed by atoms with van der Waals surface area (Å²) in [5.74, 6) is 0.174. The maximum atomic E-state index is 12.6. The van der Waals surface area contributed by atoms with Crippen molar-refractivity contribution in [3.05, 3.63) is 64.2 Å². The van der Waals surface area contributed by atoms with Crippen LogP contribution in [-0.2, 0) is 0 Å². The molecular formula is C19H23NO. The van der Waals surface area contributed by atoms with Crippen molar-refractivity contribution in [1.29, 1.82) is 0 Å². The molecule has 0 unspecified atom stereocenters. The summed E-state index contributed by atoms with van der Waals surface area (Å²) in [6, 6.07) is 12.4. The third-order valence-electron chi connectivity index (χ3n) is 3.81. The zero-order valence-corrected chi connectivity index (χ0v) is 13.5. The van der Waals surface area contributed by atoms with Crippen LogP contribution in [-0.4, -0.2) is 19.4 Å². The van der Waals surface area contributed by atoms with E-state index >= 15 is 0 Å². The van der Waals surface area contributed by atoms with E-state index in [0.29, 0.717) is 6.54 Å². The zero-order valence-electron chi connectivity index (χ0n) is 13.5. The third kappa shape index (κ3) is 3.52. The van der Waals surface area contributed by atoms with Crippen LogP contribution >= 0.6 is 0 Å². The molecule has 2 heteroatoms. The van der Waals surface area contributed by atoms with Crippen molar-refractivity contribution in [2.24, 2.45) is 0 Å². The molecular weight excluding hydrogens is 258 g/mol. The van der Waals surface area contributed by atoms with Crippen LogP contribution in [0.4, 0.5) is 5.69 Å². The first-order valence-electron chi connectivity index (χ1n) is 7.27. The molecule has 0 aliphatic heterocycles. The number of carbonyl (C=O) groups is 1. The Morgan fingerprint density at radius 3 is 1.95 bits per heavy atom. The summed E-state index contributed by atoms with van der Waals surface area (Å²) in [6.07, 6.45) is 0. The number of Topliss-reactive ketones (excluding diaryl/α,β-unsaturated/α-hetero) is 1. The fraction of sp³-hybridized carbons (Fsp3) is 0.316. The highest BCUT2D eigenvalue weighted by molar-refractivity contribution is 6.01. The van der Waals surface area contributed by atoms with E-state index in [9.17, 15) is 4.79 Å². The number of hydrogen-bond donors (Lipinski definition) is 0. The first kappa shape index (κ1) is 15.3. The van der Waals surface area contributed by atoms with Crippen LogP contribution in [0.3, 0.4) is 0 Å². The van der Waals surface area contributed by atoms with Gasteiger partial charge in [-0.2, -0.15) is 0 Å². The molecule has 2 rings (SSSR count). The Morgan fingerprint density at radius 1 is 0.905 bits per heavy atom. The maximum absolute atomic E-state index is 12.6. The van der Waals surface area contributed by atoms with Crippen molar-refractivity contribution in [2.45, 2.75) is 27.7 Å². The molecule has 0 aliphatic rings. The predicted molar refractivity (Wildman–Crippen MR) is 89.4 cm³/mol. The van der Waals surface area contributed by atoms with Crippen LogP contribution in [0.25, 0.3) is 0 Å². The Kier molecular flexibility index (Phi) is 4.46. The number of ketones is 1. The molecule has 21 heavy (non-hydrogen) atoms. The number of benzene rings is 2. The van der Waals surface area contributed by atoms with E-state index in [-0.39, 0.29) is 5.78 Å². The summed E-state index contributed by atoms with van der Waals surface area (Å²) in [4.78, 5) is 14.6. The lowest BCUT2D eigenvalue weighted by atomic mass is 9.96. The molecule has 0 bridgehead atoms. The molecule has 0 aromatic heterocycles. The van der Waals surface area contributed by atoms with Gasteiger partial charge in [0.1, 0.15) is 0 Å². The monoisotopic (exact) mass is 281 g/mol. The lowest BCUT2D eigenvalue weighted by molar-refractivity contribution is 0.0999. The van der Waals surface area contributed by atoms with Crippen molar-refractivity contribution in [3.8, 4) is 0 Å². The second-order valence-corrected chi connectivity index (χ2v) is 5.89. The zero-order chi connectivity index (χ0) is 15.6. The van der Waals surface area contributed by atoms with Gasteiger partial charge in [0.2, 0.25) is 0 Å². The summed E-state index contributed by atoms with van der Waals surface area (Å²) in [5, 5.41) is 0. The minimum atomic E-state index is 0.174. The molecule has 0 fully saturated rings. The number of anilines is 1. The van der Waals surface area contributed by atoms with Gasteiger partial charge in [0, 0.05) is 18.3 Å². The van der Waals surface area contributed by atoms with E-state index in [1.807, 2.05) is 25.8 Å². The van der Waals surface area contributed by atoms with E-state index < -0.39 is 0 Å². The molecule has 110 valence electrons. The Hall–Kier alpha value is -2.09. The van der Waals surface area contributed by atoms with Gasteiger partial charge in [0.05, 0.1) is 6.54 Å². The molecule has 0 saturated carbocycles. The summed E-state index contributed by atoms with van der Waals surface area (Å²) < 4.78 is 0. The van der Waals surface area contributed by atoms with Gasteiger partial charge in [-0.1, -0.05) is 35.4 Å². The van der Waals surface area contributed by atoms with E-state index in [0.717, 1.165) is 22.4 Å². The van der Waals surface area contributed by atoms with Gasteiger partial charge in [-0.25, -0.2) is 0 Å². The SMILES string of the molecule is Cc1ccc(N(C)CC(=O)c2c(C)cc(C)cc2C)cc1. The van der Waals surface area contributed by atoms with E-state index in [1.165, 1.54) is 11.1 Å². The van der Waals surface area contributed by atoms with Crippen LogP contribution in [0.2, 0.25) is 0 Å². The second-order valence-electron chi connectivity index (χ2n) is 5.89. The number of likely N-dealkylation sites (N-methyl/N-ethyl adjacent to an activating group) is 1. The first-order valence-corrected chi connectivity index (χ1v) is 7.27. The van der Waals surface area contributed by atoms with Gasteiger partial charge in [-0.3, -0.25) is 4.79 Å². The molecule has 0 radical (unpaired) electrons. The number of nitrogens with zero attached hydrogens (tertiary/aromatic N) is 1. The van der Waals surface area contributed by atoms with Crippen LogP contribution in [0.1, 0.15) is 32.6 Å². The first-order chi connectivity index (χ1) is 9.88. The highest BCUT2D eigenvalue weighted by Crippen LogP contribution is 2.19. The van der Waals surface area contributed by atoms with E-state index in [1.54, 1.807) is 0 Å². The van der Waals surface area contributed by atoms with Crippen molar-refractivity contribution in [2.75, 3.05) is 18.5 Å². The fourth-order valence-corrected chi connectivity index (χ4v) is 2.80. The minimum absolute atomic E-state index is 0.174. The summed E-state index contributed by atoms with van der Waals surface area (Å²) in [6.45, 7) is 8.55. The van der Waals surface area contributed by atoms with Crippen LogP contribution in [0.5, 0.6) is 0 Å². The van der Waals surface area contributed by atoms with Crippen molar-refractivity contribution in [3.63, 3.8) is 0 Å². The summed E-state index contributed by atoms with van der Waals surface area (Å²) in [7, 11) is 1.96. The molecule has 2 aromatic rings. The summed E-state index contributed by atoms with van der Waals surface area (Å²) in [5.41, 5.74) is 6.48. The van der Waals surface area contributed by atoms with Gasteiger partial charge < -0.3 is 4.90 Å². The average molecular weight is 281 g/mol. The normalized spacial score (nSPS) is 10.5. The van der Waals surface area contributed by atoms with Crippen molar-refractivity contribution < 1.29 is 4.79 Å². The van der Waals surface area contributed by atoms with Crippen LogP contribution < -0.4 is 4.90 Å². The van der Waals surface area contributed by atoms with E-state index in [2.05, 4.69) is 50.2 Å². The number of aryl methyl sites for hydroxylation is 4. The summed E-state index contributed by atoms with van der Waals surface area (Å²) >= 11 is 0. The Bertz CT molecular complexity index is 633. The third-order valence-corrected chi connectivity index (χ3v) is 3.81. The lowest BCUT2D eigenvalue weighted by Gasteiger charge is -2.20. The largest absolute Gasteiger partial charge is 0.367 e. The van der Waals surface area contributed by atoms with E-state index in [4.69, 9.17) is 0 Å². The maximum Gasteiger partial charge on any atom is 0.182 e. The Balaban J connectivity index is 2.20. The molecule has 2 nitrogen and oxygen atoms in total. The lowest BCUT2D eigenvalue weighted by Crippen LogP contribution is -2.26. The second kappa shape index (κ2) is 6.13. The Labute approximate surface area is 127 Å². The van der Waals surface area contributed by atoms with Gasteiger partial charge >= 0.3 is 0 Å². The van der Waals surface area contributed by atoms with Gasteiger partial charge in [-0.05, 0) is 51.0 Å². The van der Waals surface area contributed by atoms with Crippen LogP contribution in [0.15, 0.2) is 36.4 Å². The van der Waals surface area contributed by atoms with Crippen molar-refractivity contribution in [1.82, 2.24) is 0 Å². The van der Waals surface area contributed by atoms with Gasteiger partial charge in [-0.15, -0.1) is 0 Å². The number of hydrogen-bond acceptors (Lipinski definition) is 2. The number of rotatable bonds is 4. The average Bonchev–Trinajstić information content (AvgIpc) is 2.37. The molecule has 2 aromatic carbocycles. The fourth-order valence-electron chi connectivity index (χ4n) is 2.80. The molecule has 0 atom stereocenters. The van der Waals surface area contributed by atoms with Crippen LogP contribution in [0, 0.1) is 27.7 Å². The standard InChI is InChI=1S/C19H23NO/c1-13-6-8-17(9-7-13)20(5)12-18(21)19-15(3)10-14(2)11-16(19)4/h6-11H,12H2,1-5H3. The highest BCUT2D eigenvalue weighted by Gasteiger charge is 2.15. The minimum Gasteiger partial charge on any atom is -0.367 e. The molecule has 0 N–H and O–H groups in total. The molecule has 0 saturated heterocycles. The quantitative estimate of drug-likeness (QED) is 0.781. The highest BCUT2D eigenvalue weighted by atomic mass is 16.1. The molecule has 0 amide bonds.